The van der Waals surface area contributed by atoms with E-state index in [9.17, 15) is 4.79 Å². The Morgan fingerprint density at radius 2 is 2.27 bits per heavy atom. The molecule has 1 amide bonds. The normalized spacial score (nSPS) is 12.7. The van der Waals surface area contributed by atoms with Crippen LogP contribution in [-0.4, -0.2) is 29.9 Å². The summed E-state index contributed by atoms with van der Waals surface area (Å²) in [5, 5.41) is 7.83. The molecule has 7 heteroatoms. The van der Waals surface area contributed by atoms with E-state index in [1.165, 1.54) is 7.11 Å². The van der Waals surface area contributed by atoms with Crippen molar-refractivity contribution in [1.82, 2.24) is 4.98 Å². The minimum atomic E-state index is -0.931. The van der Waals surface area contributed by atoms with Crippen molar-refractivity contribution in [3.63, 3.8) is 0 Å². The Morgan fingerprint density at radius 3 is 2.77 bits per heavy atom. The largest absolute Gasteiger partial charge is 0.495 e. The zero-order valence-corrected chi connectivity index (χ0v) is 12.6. The van der Waals surface area contributed by atoms with Gasteiger partial charge in [-0.25, -0.2) is 4.99 Å². The standard InChI is InChI=1S/C15H15ClN4O2/c1-22-13-5-4-9(7-11(13)16)20-14(10(8-17)15(18)21)12-3-2-6-19-12/h2-8,10,17,19H,1H3,(H2,18,21). The van der Waals surface area contributed by atoms with Crippen LogP contribution in [0.25, 0.3) is 0 Å². The molecule has 1 heterocycles. The number of rotatable bonds is 6. The lowest BCUT2D eigenvalue weighted by atomic mass is 10.0. The number of aromatic nitrogens is 1. The Balaban J connectivity index is 2.51. The highest BCUT2D eigenvalue weighted by atomic mass is 35.5. The maximum absolute atomic E-state index is 11.6. The van der Waals surface area contributed by atoms with Crippen molar-refractivity contribution in [2.24, 2.45) is 16.6 Å². The molecule has 0 aliphatic carbocycles. The van der Waals surface area contributed by atoms with Crippen molar-refractivity contribution in [2.75, 3.05) is 7.11 Å². The number of carbonyl (C=O) groups is 1. The Kier molecular flexibility index (Phi) is 4.95. The molecule has 4 N–H and O–H groups in total. The number of nitrogens with zero attached hydrogens (tertiary/aromatic N) is 1. The summed E-state index contributed by atoms with van der Waals surface area (Å²) in [7, 11) is 1.52. The van der Waals surface area contributed by atoms with Gasteiger partial charge in [0.1, 0.15) is 11.7 Å². The lowest BCUT2D eigenvalue weighted by Crippen LogP contribution is -2.32. The predicted octanol–water partition coefficient (Wildman–Crippen LogP) is 2.55. The fourth-order valence-corrected chi connectivity index (χ4v) is 2.20. The number of aliphatic imine (C=N–C) groups is 1. The van der Waals surface area contributed by atoms with Crippen LogP contribution in [0.2, 0.25) is 5.02 Å². The van der Waals surface area contributed by atoms with Crippen LogP contribution < -0.4 is 10.5 Å². The quantitative estimate of drug-likeness (QED) is 0.712. The summed E-state index contributed by atoms with van der Waals surface area (Å²) in [6.45, 7) is 0. The molecule has 1 atom stereocenters. The SMILES string of the molecule is COc1ccc(N=C(c2ccc[nH]2)C(C=N)C(N)=O)cc1Cl. The van der Waals surface area contributed by atoms with Gasteiger partial charge in [-0.1, -0.05) is 11.6 Å². The third-order valence-corrected chi connectivity index (χ3v) is 3.32. The molecular formula is C15H15ClN4O2. The molecule has 2 rings (SSSR count). The molecule has 1 aromatic carbocycles. The lowest BCUT2D eigenvalue weighted by Gasteiger charge is -2.11. The number of nitrogens with two attached hydrogens (primary N) is 1. The summed E-state index contributed by atoms with van der Waals surface area (Å²) >= 11 is 6.08. The number of H-pyrrole nitrogens is 1. The summed E-state index contributed by atoms with van der Waals surface area (Å²) < 4.78 is 5.09. The van der Waals surface area contributed by atoms with E-state index < -0.39 is 11.8 Å². The van der Waals surface area contributed by atoms with Crippen molar-refractivity contribution >= 4 is 35.1 Å². The number of hydrogen-bond acceptors (Lipinski definition) is 4. The molecule has 0 saturated heterocycles. The van der Waals surface area contributed by atoms with Crippen LogP contribution >= 0.6 is 11.6 Å². The number of hydrogen-bond donors (Lipinski definition) is 3. The Morgan fingerprint density at radius 1 is 1.50 bits per heavy atom. The number of amides is 1. The van der Waals surface area contributed by atoms with Crippen LogP contribution in [0.1, 0.15) is 5.69 Å². The molecule has 22 heavy (non-hydrogen) atoms. The van der Waals surface area contributed by atoms with Crippen molar-refractivity contribution < 1.29 is 9.53 Å². The van der Waals surface area contributed by atoms with Gasteiger partial charge < -0.3 is 20.9 Å². The first kappa shape index (κ1) is 15.8. The van der Waals surface area contributed by atoms with Crippen molar-refractivity contribution in [1.29, 1.82) is 5.41 Å². The molecule has 0 bridgehead atoms. The number of aromatic amines is 1. The van der Waals surface area contributed by atoms with Crippen molar-refractivity contribution in [3.8, 4) is 5.75 Å². The maximum Gasteiger partial charge on any atom is 0.232 e. The van der Waals surface area contributed by atoms with E-state index >= 15 is 0 Å². The summed E-state index contributed by atoms with van der Waals surface area (Å²) in [5.41, 5.74) is 6.85. The molecule has 0 aliphatic rings. The van der Waals surface area contributed by atoms with Gasteiger partial charge in [0.25, 0.3) is 0 Å². The fourth-order valence-electron chi connectivity index (χ4n) is 1.95. The van der Waals surface area contributed by atoms with E-state index in [1.54, 1.807) is 36.5 Å². The number of primary amides is 1. The van der Waals surface area contributed by atoms with Gasteiger partial charge in [-0.05, 0) is 30.3 Å². The topological polar surface area (TPSA) is 104 Å². The lowest BCUT2D eigenvalue weighted by molar-refractivity contribution is -0.118. The second-order valence-electron chi connectivity index (χ2n) is 4.45. The third kappa shape index (κ3) is 3.35. The van der Waals surface area contributed by atoms with Crippen LogP contribution in [0.5, 0.6) is 5.75 Å². The molecule has 1 aromatic heterocycles. The molecule has 0 aliphatic heterocycles. The number of carbonyl (C=O) groups excluding carboxylic acids is 1. The second kappa shape index (κ2) is 6.91. The highest BCUT2D eigenvalue weighted by Gasteiger charge is 2.22. The van der Waals surface area contributed by atoms with E-state index in [4.69, 9.17) is 27.5 Å². The van der Waals surface area contributed by atoms with E-state index in [0.717, 1.165) is 6.21 Å². The minimum absolute atomic E-state index is 0.355. The summed E-state index contributed by atoms with van der Waals surface area (Å²) in [6, 6.07) is 8.52. The summed E-state index contributed by atoms with van der Waals surface area (Å²) in [4.78, 5) is 18.9. The first-order chi connectivity index (χ1) is 10.6. The summed E-state index contributed by atoms with van der Waals surface area (Å²) in [5.74, 6) is -1.05. The van der Waals surface area contributed by atoms with Crippen molar-refractivity contribution in [3.05, 3.63) is 47.2 Å². The number of methoxy groups -OCH3 is 1. The molecule has 6 nitrogen and oxygen atoms in total. The van der Waals surface area contributed by atoms with E-state index in [0.29, 0.717) is 27.9 Å². The molecule has 0 spiro atoms. The Labute approximate surface area is 132 Å². The minimum Gasteiger partial charge on any atom is -0.495 e. The first-order valence-electron chi connectivity index (χ1n) is 6.42. The van der Waals surface area contributed by atoms with Crippen LogP contribution in [0.3, 0.4) is 0 Å². The van der Waals surface area contributed by atoms with Crippen molar-refractivity contribution in [2.45, 2.75) is 0 Å². The van der Waals surface area contributed by atoms with Gasteiger partial charge in [0.2, 0.25) is 5.91 Å². The van der Waals surface area contributed by atoms with E-state index in [2.05, 4.69) is 9.98 Å². The highest BCUT2D eigenvalue weighted by molar-refractivity contribution is 6.32. The van der Waals surface area contributed by atoms with Gasteiger partial charge in [0, 0.05) is 12.4 Å². The smallest absolute Gasteiger partial charge is 0.232 e. The first-order valence-corrected chi connectivity index (χ1v) is 6.80. The molecule has 0 radical (unpaired) electrons. The molecule has 2 aromatic rings. The van der Waals surface area contributed by atoms with Crippen LogP contribution in [0, 0.1) is 11.3 Å². The summed E-state index contributed by atoms with van der Waals surface area (Å²) in [6.07, 6.45) is 2.67. The average Bonchev–Trinajstić information content (AvgIpc) is 3.01. The predicted molar refractivity (Wildman–Crippen MR) is 86.5 cm³/mol. The Bertz CT molecular complexity index is 710. The molecule has 114 valence electrons. The maximum atomic E-state index is 11.6. The molecular weight excluding hydrogens is 304 g/mol. The third-order valence-electron chi connectivity index (χ3n) is 3.03. The van der Waals surface area contributed by atoms with Crippen LogP contribution in [0.15, 0.2) is 41.5 Å². The molecule has 1 unspecified atom stereocenters. The average molecular weight is 319 g/mol. The fraction of sp³-hybridized carbons (Fsp3) is 0.133. The van der Waals surface area contributed by atoms with Gasteiger partial charge in [-0.2, -0.15) is 0 Å². The zero-order chi connectivity index (χ0) is 16.1. The van der Waals surface area contributed by atoms with E-state index in [-0.39, 0.29) is 0 Å². The van der Waals surface area contributed by atoms with Gasteiger partial charge in [-0.15, -0.1) is 0 Å². The molecule has 0 fully saturated rings. The molecule has 0 saturated carbocycles. The highest BCUT2D eigenvalue weighted by Crippen LogP contribution is 2.29. The number of benzene rings is 1. The van der Waals surface area contributed by atoms with Gasteiger partial charge in [-0.3, -0.25) is 4.79 Å². The second-order valence-corrected chi connectivity index (χ2v) is 4.85. The van der Waals surface area contributed by atoms with Gasteiger partial charge in [0.05, 0.1) is 29.2 Å². The number of ether oxygens (including phenoxy) is 1. The van der Waals surface area contributed by atoms with Crippen LogP contribution in [-0.2, 0) is 4.79 Å². The van der Waals surface area contributed by atoms with Crippen LogP contribution in [0.4, 0.5) is 5.69 Å². The number of halogens is 1. The number of nitrogens with one attached hydrogen (secondary N) is 2. The van der Waals surface area contributed by atoms with Gasteiger partial charge in [0.15, 0.2) is 0 Å². The zero-order valence-electron chi connectivity index (χ0n) is 11.8. The van der Waals surface area contributed by atoms with E-state index in [1.807, 2.05) is 0 Å². The Hall–Kier alpha value is -2.60. The van der Waals surface area contributed by atoms with Gasteiger partial charge >= 0.3 is 0 Å². The monoisotopic (exact) mass is 318 g/mol.